The molecule has 1 aromatic carbocycles. The third-order valence-corrected chi connectivity index (χ3v) is 6.92. The van der Waals surface area contributed by atoms with Crippen LogP contribution in [-0.4, -0.2) is 57.2 Å². The molecule has 0 spiro atoms. The summed E-state index contributed by atoms with van der Waals surface area (Å²) in [5, 5.41) is 25.5. The van der Waals surface area contributed by atoms with Crippen LogP contribution in [0.2, 0.25) is 0 Å². The average molecular weight is 520 g/mol. The molecule has 0 unspecified atom stereocenters. The first-order valence-corrected chi connectivity index (χ1v) is 12.0. The van der Waals surface area contributed by atoms with E-state index in [-0.39, 0.29) is 34.2 Å². The third kappa shape index (κ3) is 6.95. The van der Waals surface area contributed by atoms with Gasteiger partial charge >= 0.3 is 17.9 Å². The molecule has 3 rings (SSSR count). The molecule has 1 saturated heterocycles. The van der Waals surface area contributed by atoms with E-state index in [0.717, 1.165) is 35.1 Å². The highest BCUT2D eigenvalue weighted by Gasteiger charge is 2.33. The van der Waals surface area contributed by atoms with Gasteiger partial charge in [0.2, 0.25) is 0 Å². The van der Waals surface area contributed by atoms with Gasteiger partial charge in [-0.05, 0) is 49.7 Å². The van der Waals surface area contributed by atoms with Crippen LogP contribution in [-0.2, 0) is 20.9 Å². The molecule has 5 N–H and O–H groups in total. The van der Waals surface area contributed by atoms with Gasteiger partial charge in [-0.2, -0.15) is 0 Å². The molecule has 0 saturated carbocycles. The normalized spacial score (nSPS) is 16.8. The zero-order valence-corrected chi connectivity index (χ0v) is 20.1. The lowest BCUT2D eigenvalue weighted by atomic mass is 9.90. The highest BCUT2D eigenvalue weighted by Crippen LogP contribution is 2.27. The number of nitrogens with zero attached hydrogens (tertiary/aromatic N) is 1. The summed E-state index contributed by atoms with van der Waals surface area (Å²) in [5.74, 6) is -6.39. The molecule has 0 aliphatic carbocycles. The number of ketones is 1. The summed E-state index contributed by atoms with van der Waals surface area (Å²) >= 11 is 1.13. The number of nitrogens with one attached hydrogen (secondary N) is 1. The van der Waals surface area contributed by atoms with Crippen LogP contribution in [0.25, 0.3) is 0 Å². The predicted molar refractivity (Wildman–Crippen MR) is 128 cm³/mol. The molecule has 0 bridgehead atoms. The molecule has 192 valence electrons. The Morgan fingerprint density at radius 3 is 2.56 bits per heavy atom. The Hall–Kier alpha value is -3.64. The number of amidine groups is 1. The summed E-state index contributed by atoms with van der Waals surface area (Å²) in [5.41, 5.74) is 5.49. The van der Waals surface area contributed by atoms with Gasteiger partial charge in [0.1, 0.15) is 10.7 Å². The summed E-state index contributed by atoms with van der Waals surface area (Å²) in [6.07, 6.45) is 1.19. The van der Waals surface area contributed by atoms with E-state index in [9.17, 15) is 28.7 Å². The topological polar surface area (TPSA) is 171 Å². The molecule has 0 amide bonds. The number of halogens is 1. The number of hydrogen-bond donors (Lipinski definition) is 4. The first-order valence-electron chi connectivity index (χ1n) is 11.2. The Bertz CT molecular complexity index is 1180. The maximum absolute atomic E-state index is 14.2. The first-order chi connectivity index (χ1) is 17.0. The molecule has 12 heteroatoms. The van der Waals surface area contributed by atoms with Gasteiger partial charge in [0.05, 0.1) is 18.4 Å². The van der Waals surface area contributed by atoms with Crippen molar-refractivity contribution in [2.75, 3.05) is 6.54 Å². The van der Waals surface area contributed by atoms with Gasteiger partial charge in [-0.15, -0.1) is 11.3 Å². The number of rotatable bonds is 11. The second-order valence-corrected chi connectivity index (χ2v) is 9.67. The molecule has 1 aliphatic rings. The molecule has 2 aromatic rings. The largest absolute Gasteiger partial charge is 0.481 e. The number of carbonyl (C=O) groups excluding carboxylic acids is 2. The fraction of sp³-hybridized carbons (Fsp3) is 0.375. The SMILES string of the molecule is N=C(N)c1ccc(OC(=O)c2ccc(CN3CCCC[C@H]3C(=O)C[C@@H](CC(=O)O)C(=O)O)s2)c(F)c1. The van der Waals surface area contributed by atoms with E-state index in [1.54, 1.807) is 6.07 Å². The van der Waals surface area contributed by atoms with Crippen LogP contribution in [0.1, 0.15) is 52.2 Å². The minimum absolute atomic E-state index is 0.161. The van der Waals surface area contributed by atoms with Gasteiger partial charge < -0.3 is 20.7 Å². The van der Waals surface area contributed by atoms with Crippen molar-refractivity contribution in [3.63, 3.8) is 0 Å². The minimum Gasteiger partial charge on any atom is -0.481 e. The second kappa shape index (κ2) is 11.9. The summed E-state index contributed by atoms with van der Waals surface area (Å²) < 4.78 is 19.3. The minimum atomic E-state index is -1.32. The number of nitrogens with two attached hydrogens (primary N) is 1. The van der Waals surface area contributed by atoms with Crippen molar-refractivity contribution in [1.29, 1.82) is 5.41 Å². The highest BCUT2D eigenvalue weighted by molar-refractivity contribution is 7.13. The smallest absolute Gasteiger partial charge is 0.353 e. The summed E-state index contributed by atoms with van der Waals surface area (Å²) in [4.78, 5) is 50.6. The number of likely N-dealkylation sites (tertiary alicyclic amines) is 1. The Morgan fingerprint density at radius 2 is 1.92 bits per heavy atom. The van der Waals surface area contributed by atoms with E-state index >= 15 is 0 Å². The lowest BCUT2D eigenvalue weighted by Gasteiger charge is -2.34. The van der Waals surface area contributed by atoms with E-state index in [0.29, 0.717) is 19.5 Å². The Balaban J connectivity index is 1.66. The van der Waals surface area contributed by atoms with E-state index in [1.165, 1.54) is 18.2 Å². The van der Waals surface area contributed by atoms with Gasteiger partial charge in [0.25, 0.3) is 0 Å². The molecule has 1 aliphatic heterocycles. The van der Waals surface area contributed by atoms with Gasteiger partial charge in [-0.25, -0.2) is 9.18 Å². The van der Waals surface area contributed by atoms with Gasteiger partial charge in [0, 0.05) is 23.4 Å². The quantitative estimate of drug-likeness (QED) is 0.151. The van der Waals surface area contributed by atoms with Crippen molar-refractivity contribution >= 4 is 40.9 Å². The van der Waals surface area contributed by atoms with Crippen molar-refractivity contribution < 1.29 is 38.5 Å². The molecule has 0 radical (unpaired) electrons. The monoisotopic (exact) mass is 519 g/mol. The lowest BCUT2D eigenvalue weighted by molar-refractivity contribution is -0.150. The molecular formula is C24H26FN3O7S. The van der Waals surface area contributed by atoms with Gasteiger partial charge in [-0.1, -0.05) is 6.42 Å². The number of hydrogen-bond acceptors (Lipinski definition) is 8. The Kier molecular flexibility index (Phi) is 8.88. The first kappa shape index (κ1) is 27.0. The fourth-order valence-electron chi connectivity index (χ4n) is 4.06. The molecule has 36 heavy (non-hydrogen) atoms. The molecule has 2 atom stereocenters. The van der Waals surface area contributed by atoms with Crippen molar-refractivity contribution in [3.8, 4) is 5.75 Å². The van der Waals surface area contributed by atoms with Crippen LogP contribution >= 0.6 is 11.3 Å². The third-order valence-electron chi connectivity index (χ3n) is 5.87. The second-order valence-electron chi connectivity index (χ2n) is 8.50. The molecule has 1 aromatic heterocycles. The highest BCUT2D eigenvalue weighted by atomic mass is 32.1. The molecule has 1 fully saturated rings. The van der Waals surface area contributed by atoms with E-state index in [2.05, 4.69) is 0 Å². The van der Waals surface area contributed by atoms with E-state index < -0.39 is 42.1 Å². The van der Waals surface area contributed by atoms with Crippen LogP contribution in [0, 0.1) is 17.1 Å². The fourth-order valence-corrected chi connectivity index (χ4v) is 4.97. The van der Waals surface area contributed by atoms with Crippen LogP contribution in [0.3, 0.4) is 0 Å². The van der Waals surface area contributed by atoms with Crippen molar-refractivity contribution in [3.05, 3.63) is 51.5 Å². The zero-order valence-electron chi connectivity index (χ0n) is 19.2. The van der Waals surface area contributed by atoms with Gasteiger partial charge in [0.15, 0.2) is 17.3 Å². The Morgan fingerprint density at radius 1 is 1.17 bits per heavy atom. The lowest BCUT2D eigenvalue weighted by Crippen LogP contribution is -2.45. The van der Waals surface area contributed by atoms with Crippen LogP contribution in [0.4, 0.5) is 4.39 Å². The van der Waals surface area contributed by atoms with E-state index in [4.69, 9.17) is 21.0 Å². The number of esters is 1. The zero-order chi connectivity index (χ0) is 26.4. The maximum atomic E-state index is 14.2. The van der Waals surface area contributed by atoms with Gasteiger partial charge in [-0.3, -0.25) is 24.7 Å². The predicted octanol–water partition coefficient (Wildman–Crippen LogP) is 2.88. The van der Waals surface area contributed by atoms with Crippen molar-refractivity contribution in [2.24, 2.45) is 11.7 Å². The summed E-state index contributed by atoms with van der Waals surface area (Å²) in [6.45, 7) is 0.936. The number of ether oxygens (including phenoxy) is 1. The summed E-state index contributed by atoms with van der Waals surface area (Å²) in [7, 11) is 0. The molecule has 10 nitrogen and oxygen atoms in total. The van der Waals surface area contributed by atoms with Crippen LogP contribution in [0.15, 0.2) is 30.3 Å². The Labute approximate surface area is 210 Å². The number of benzene rings is 1. The average Bonchev–Trinajstić information content (AvgIpc) is 3.28. The number of carbonyl (C=O) groups is 4. The number of thiophene rings is 1. The van der Waals surface area contributed by atoms with Crippen molar-refractivity contribution in [1.82, 2.24) is 4.90 Å². The number of Topliss-reactive ketones (excluding diaryl/α,β-unsaturated/α-hetero) is 1. The summed E-state index contributed by atoms with van der Waals surface area (Å²) in [6, 6.07) is 6.30. The maximum Gasteiger partial charge on any atom is 0.353 e. The van der Waals surface area contributed by atoms with E-state index in [1.807, 2.05) is 4.90 Å². The molecule has 2 heterocycles. The van der Waals surface area contributed by atoms with Crippen LogP contribution < -0.4 is 10.5 Å². The van der Waals surface area contributed by atoms with Crippen LogP contribution in [0.5, 0.6) is 5.75 Å². The number of aliphatic carboxylic acids is 2. The molecular weight excluding hydrogens is 493 g/mol. The number of carboxylic acid groups (broad SMARTS) is 2. The number of piperidine rings is 1. The standard InChI is InChI=1S/C24H26FN3O7S/c25-16-9-13(22(26)27)4-6-19(16)35-24(34)20-7-5-15(36-20)12-28-8-2-1-3-17(28)18(29)10-14(23(32)33)11-21(30)31/h4-7,9,14,17H,1-3,8,10-12H2,(H3,26,27)(H,30,31)(H,32,33)/t14-,17-/m0/s1. The number of nitrogen functional groups attached to an aromatic ring is 1. The van der Waals surface area contributed by atoms with Crippen molar-refractivity contribution in [2.45, 2.75) is 44.7 Å². The number of carboxylic acids is 2.